The minimum atomic E-state index is -1.58. The smallest absolute Gasteiger partial charge is 0.330 e. The number of anilines is 2. The van der Waals surface area contributed by atoms with Crippen molar-refractivity contribution in [2.45, 2.75) is 37.7 Å². The van der Waals surface area contributed by atoms with Crippen molar-refractivity contribution in [3.8, 4) is 0 Å². The van der Waals surface area contributed by atoms with Crippen molar-refractivity contribution in [2.24, 2.45) is 4.99 Å². The van der Waals surface area contributed by atoms with E-state index in [1.54, 1.807) is 30.6 Å². The van der Waals surface area contributed by atoms with E-state index in [0.29, 0.717) is 11.4 Å². The second-order valence-electron chi connectivity index (χ2n) is 7.27. The molecule has 0 aromatic heterocycles. The first-order valence-electron chi connectivity index (χ1n) is 9.58. The molecule has 2 unspecified atom stereocenters. The molecule has 3 aliphatic rings. The Hall–Kier alpha value is -2.98. The van der Waals surface area contributed by atoms with Gasteiger partial charge in [-0.3, -0.25) is 19.8 Å². The van der Waals surface area contributed by atoms with Gasteiger partial charge in [-0.15, -0.1) is 0 Å². The van der Waals surface area contributed by atoms with Gasteiger partial charge in [0.2, 0.25) is 5.91 Å². The van der Waals surface area contributed by atoms with E-state index < -0.39 is 23.8 Å². The maximum atomic E-state index is 13.0. The fourth-order valence-electron chi connectivity index (χ4n) is 4.20. The summed E-state index contributed by atoms with van der Waals surface area (Å²) in [5, 5.41) is 8.42. The van der Waals surface area contributed by atoms with Gasteiger partial charge in [0, 0.05) is 20.1 Å². The Labute approximate surface area is 168 Å². The molecule has 10 heteroatoms. The van der Waals surface area contributed by atoms with E-state index in [4.69, 9.17) is 4.74 Å². The Morgan fingerprint density at radius 3 is 2.69 bits per heavy atom. The Morgan fingerprint density at radius 2 is 2.00 bits per heavy atom. The van der Waals surface area contributed by atoms with Gasteiger partial charge in [0.15, 0.2) is 6.17 Å². The minimum Gasteiger partial charge on any atom is -0.346 e. The number of ether oxygens (including phenoxy) is 1. The van der Waals surface area contributed by atoms with Crippen LogP contribution >= 0.6 is 0 Å². The number of carbonyl (C=O) groups is 3. The molecule has 2 atom stereocenters. The van der Waals surface area contributed by atoms with Crippen molar-refractivity contribution >= 4 is 35.6 Å². The largest absolute Gasteiger partial charge is 0.346 e. The first-order valence-corrected chi connectivity index (χ1v) is 9.58. The lowest BCUT2D eigenvalue weighted by Crippen LogP contribution is -2.73. The number of piperidine rings is 1. The summed E-state index contributed by atoms with van der Waals surface area (Å²) in [6.07, 6.45) is 2.50. The van der Waals surface area contributed by atoms with Crippen LogP contribution in [-0.4, -0.2) is 67.2 Å². The molecule has 154 valence electrons. The maximum Gasteiger partial charge on any atom is 0.330 e. The molecular formula is C19H24N6O4. The topological polar surface area (TPSA) is 115 Å². The average Bonchev–Trinajstić information content (AvgIpc) is 3.10. The number of hydrogen-bond acceptors (Lipinski definition) is 7. The molecule has 3 heterocycles. The van der Waals surface area contributed by atoms with Crippen LogP contribution in [0.1, 0.15) is 19.8 Å². The zero-order valence-electron chi connectivity index (χ0n) is 16.3. The number of nitrogens with one attached hydrogen (secondary N) is 3. The van der Waals surface area contributed by atoms with E-state index in [-0.39, 0.29) is 11.9 Å². The van der Waals surface area contributed by atoms with Gasteiger partial charge in [-0.2, -0.15) is 0 Å². The zero-order chi connectivity index (χ0) is 20.6. The molecule has 0 saturated carbocycles. The van der Waals surface area contributed by atoms with Crippen LogP contribution < -0.4 is 20.9 Å². The number of aliphatic imine (C=N–C) groups is 1. The number of amides is 4. The van der Waals surface area contributed by atoms with Crippen molar-refractivity contribution < 1.29 is 19.1 Å². The lowest BCUT2D eigenvalue weighted by atomic mass is 9.99. The van der Waals surface area contributed by atoms with Gasteiger partial charge in [-0.05, 0) is 38.1 Å². The number of methoxy groups -OCH3 is 1. The number of benzene rings is 1. The van der Waals surface area contributed by atoms with E-state index in [2.05, 4.69) is 20.9 Å². The summed E-state index contributed by atoms with van der Waals surface area (Å²) in [6, 6.07) is 6.47. The highest BCUT2D eigenvalue weighted by Crippen LogP contribution is 2.40. The van der Waals surface area contributed by atoms with Crippen molar-refractivity contribution in [3.05, 3.63) is 24.3 Å². The van der Waals surface area contributed by atoms with Gasteiger partial charge in [0.25, 0.3) is 11.6 Å². The summed E-state index contributed by atoms with van der Waals surface area (Å²) in [6.45, 7) is 3.07. The third-order valence-electron chi connectivity index (χ3n) is 5.54. The number of para-hydroxylation sites is 2. The number of rotatable bonds is 4. The third-order valence-corrected chi connectivity index (χ3v) is 5.54. The number of hydrogen-bond donors (Lipinski definition) is 3. The van der Waals surface area contributed by atoms with Crippen molar-refractivity contribution in [1.82, 2.24) is 15.5 Å². The molecule has 10 nitrogen and oxygen atoms in total. The molecule has 0 spiro atoms. The number of imide groups is 1. The monoisotopic (exact) mass is 400 g/mol. The number of fused-ring (bicyclic) bond motifs is 1. The van der Waals surface area contributed by atoms with E-state index in [1.165, 1.54) is 18.9 Å². The Bertz CT molecular complexity index is 868. The van der Waals surface area contributed by atoms with Crippen LogP contribution in [0.2, 0.25) is 0 Å². The minimum absolute atomic E-state index is 0.0937. The fourth-order valence-corrected chi connectivity index (χ4v) is 4.20. The van der Waals surface area contributed by atoms with Gasteiger partial charge in [-0.25, -0.2) is 9.79 Å². The standard InChI is InChI=1S/C19H24N6O4/c1-12(26)22-14-5-3-4-6-15(14)25-17-19(29-2,16(27)23-18(25)28)21-11-24(17)13-7-9-20-10-8-13/h3-6,11,13,17,20H,7-10H2,1-2H3,(H,22,26)(H,23,27,28). The Balaban J connectivity index is 1.81. The van der Waals surface area contributed by atoms with Gasteiger partial charge >= 0.3 is 6.03 Å². The molecule has 0 aliphatic carbocycles. The molecule has 1 aromatic rings. The van der Waals surface area contributed by atoms with Crippen LogP contribution in [0.25, 0.3) is 0 Å². The third kappa shape index (κ3) is 3.14. The molecular weight excluding hydrogens is 376 g/mol. The zero-order valence-corrected chi connectivity index (χ0v) is 16.3. The first-order chi connectivity index (χ1) is 14.0. The quantitative estimate of drug-likeness (QED) is 0.677. The van der Waals surface area contributed by atoms with E-state index in [0.717, 1.165) is 25.9 Å². The van der Waals surface area contributed by atoms with Crippen molar-refractivity contribution in [2.75, 3.05) is 30.4 Å². The first kappa shape index (κ1) is 19.3. The Kier molecular flexibility index (Phi) is 4.97. The summed E-state index contributed by atoms with van der Waals surface area (Å²) in [5.74, 6) is -0.863. The molecule has 4 amide bonds. The van der Waals surface area contributed by atoms with Crippen LogP contribution in [0.3, 0.4) is 0 Å². The van der Waals surface area contributed by atoms with Crippen molar-refractivity contribution in [3.63, 3.8) is 0 Å². The highest BCUT2D eigenvalue weighted by Gasteiger charge is 2.61. The molecule has 2 saturated heterocycles. The highest BCUT2D eigenvalue weighted by molar-refractivity contribution is 6.12. The number of urea groups is 1. The van der Waals surface area contributed by atoms with Crippen LogP contribution in [0.15, 0.2) is 29.3 Å². The van der Waals surface area contributed by atoms with E-state index in [9.17, 15) is 14.4 Å². The predicted octanol–water partition coefficient (Wildman–Crippen LogP) is 0.466. The maximum absolute atomic E-state index is 13.0. The summed E-state index contributed by atoms with van der Waals surface area (Å²) in [5.41, 5.74) is -0.655. The lowest BCUT2D eigenvalue weighted by Gasteiger charge is -2.47. The Morgan fingerprint density at radius 1 is 1.28 bits per heavy atom. The van der Waals surface area contributed by atoms with Crippen LogP contribution in [0, 0.1) is 0 Å². The summed E-state index contributed by atoms with van der Waals surface area (Å²) >= 11 is 0. The molecule has 4 rings (SSSR count). The summed E-state index contributed by atoms with van der Waals surface area (Å²) in [4.78, 5) is 45.3. The van der Waals surface area contributed by atoms with Gasteiger partial charge < -0.3 is 20.3 Å². The molecule has 29 heavy (non-hydrogen) atoms. The molecule has 3 N–H and O–H groups in total. The molecule has 2 fully saturated rings. The van der Waals surface area contributed by atoms with Crippen LogP contribution in [-0.2, 0) is 14.3 Å². The second-order valence-corrected chi connectivity index (χ2v) is 7.27. The van der Waals surface area contributed by atoms with Crippen LogP contribution in [0.5, 0.6) is 0 Å². The van der Waals surface area contributed by atoms with Gasteiger partial charge in [0.05, 0.1) is 17.7 Å². The predicted molar refractivity (Wildman–Crippen MR) is 107 cm³/mol. The SMILES string of the molecule is COC12N=CN(C3CCNCC3)C1N(c1ccccc1NC(C)=O)C(=O)NC2=O. The lowest BCUT2D eigenvalue weighted by molar-refractivity contribution is -0.148. The molecule has 0 radical (unpaired) electrons. The van der Waals surface area contributed by atoms with Gasteiger partial charge in [-0.1, -0.05) is 12.1 Å². The summed E-state index contributed by atoms with van der Waals surface area (Å²) in [7, 11) is 1.41. The molecule has 0 bridgehead atoms. The average molecular weight is 400 g/mol. The normalized spacial score (nSPS) is 27.0. The molecule has 1 aromatic carbocycles. The van der Waals surface area contributed by atoms with Crippen molar-refractivity contribution in [1.29, 1.82) is 0 Å². The number of carbonyl (C=O) groups excluding carboxylic acids is 3. The van der Waals surface area contributed by atoms with E-state index in [1.807, 2.05) is 4.90 Å². The highest BCUT2D eigenvalue weighted by atomic mass is 16.5. The summed E-state index contributed by atoms with van der Waals surface area (Å²) < 4.78 is 5.61. The van der Waals surface area contributed by atoms with Gasteiger partial charge in [0.1, 0.15) is 0 Å². The van der Waals surface area contributed by atoms with Crippen LogP contribution in [0.4, 0.5) is 16.2 Å². The number of nitrogens with zero attached hydrogens (tertiary/aromatic N) is 3. The van der Waals surface area contributed by atoms with E-state index >= 15 is 0 Å². The fraction of sp³-hybridized carbons (Fsp3) is 0.474. The molecule has 3 aliphatic heterocycles. The second kappa shape index (κ2) is 7.45.